The van der Waals surface area contributed by atoms with Gasteiger partial charge in [0.2, 0.25) is 0 Å². The fraction of sp³-hybridized carbons (Fsp3) is 0.829. The molecule has 0 saturated carbocycles. The van der Waals surface area contributed by atoms with Crippen LogP contribution in [0.25, 0.3) is 0 Å². The van der Waals surface area contributed by atoms with E-state index in [-0.39, 0.29) is 34.5 Å². The Balaban J connectivity index is 0.0000152. The minimum atomic E-state index is -4.33. The van der Waals surface area contributed by atoms with Crippen molar-refractivity contribution in [2.24, 2.45) is 0 Å². The van der Waals surface area contributed by atoms with E-state index >= 15 is 0 Å². The zero-order valence-corrected chi connectivity index (χ0v) is 29.6. The molecule has 0 heterocycles. The molecular weight excluding hydrogens is 523 g/mol. The smallest absolute Gasteiger partial charge is 0.744 e. The van der Waals surface area contributed by atoms with Gasteiger partial charge >= 0.3 is 29.6 Å². The van der Waals surface area contributed by atoms with Gasteiger partial charge in [-0.3, -0.25) is 0 Å². The largest absolute Gasteiger partial charge is 1.00 e. The summed E-state index contributed by atoms with van der Waals surface area (Å²) in [7, 11) is -4.33. The number of hydrogen-bond donors (Lipinski definition) is 0. The summed E-state index contributed by atoms with van der Waals surface area (Å²) in [5, 5.41) is 0. The van der Waals surface area contributed by atoms with Crippen LogP contribution in [0.3, 0.4) is 0 Å². The number of rotatable bonds is 29. The molecule has 0 radical (unpaired) electrons. The SMILES string of the molecule is CCCCCCCCCCCCCCCCCCCCCCCCCCCCCc1ccc(S(=O)(=O)[O-])cc1.[Na+]. The molecule has 3 nitrogen and oxygen atoms in total. The molecule has 0 aromatic heterocycles. The normalized spacial score (nSPS) is 11.6. The third kappa shape index (κ3) is 25.8. The molecular formula is C35H63NaO3S. The number of unbranched alkanes of at least 4 members (excludes halogenated alkanes) is 26. The van der Waals surface area contributed by atoms with E-state index in [4.69, 9.17) is 0 Å². The number of benzene rings is 1. The van der Waals surface area contributed by atoms with E-state index in [0.717, 1.165) is 18.4 Å². The fourth-order valence-corrected chi connectivity index (χ4v) is 6.11. The number of hydrogen-bond acceptors (Lipinski definition) is 3. The standard InChI is InChI=1S/C35H64O3S.Na/c1-2-3-4-5-6-7-8-9-10-11-12-13-14-15-16-17-18-19-20-21-22-23-24-25-26-27-28-29-34-30-32-35(33-31-34)39(36,37)38;/h30-33H,2-29H2,1H3,(H,36,37,38);/q;+1/p-1. The van der Waals surface area contributed by atoms with Crippen molar-refractivity contribution in [3.8, 4) is 0 Å². The van der Waals surface area contributed by atoms with Crippen LogP contribution in [0.5, 0.6) is 0 Å². The molecule has 0 unspecified atom stereocenters. The predicted molar refractivity (Wildman–Crippen MR) is 168 cm³/mol. The summed E-state index contributed by atoms with van der Waals surface area (Å²) >= 11 is 0. The van der Waals surface area contributed by atoms with Crippen LogP contribution in [-0.4, -0.2) is 13.0 Å². The summed E-state index contributed by atoms with van der Waals surface area (Å²) in [6, 6.07) is 6.40. The molecule has 0 atom stereocenters. The molecule has 40 heavy (non-hydrogen) atoms. The van der Waals surface area contributed by atoms with E-state index in [9.17, 15) is 13.0 Å². The van der Waals surface area contributed by atoms with E-state index in [1.165, 1.54) is 179 Å². The van der Waals surface area contributed by atoms with Gasteiger partial charge in [0.05, 0.1) is 4.90 Å². The van der Waals surface area contributed by atoms with E-state index in [2.05, 4.69) is 6.92 Å². The van der Waals surface area contributed by atoms with E-state index in [1.54, 1.807) is 12.1 Å². The molecule has 0 amide bonds. The molecule has 5 heteroatoms. The molecule has 1 rings (SSSR count). The van der Waals surface area contributed by atoms with E-state index in [1.807, 2.05) is 0 Å². The molecule has 0 saturated heterocycles. The van der Waals surface area contributed by atoms with Gasteiger partial charge in [0.15, 0.2) is 0 Å². The zero-order chi connectivity index (χ0) is 28.3. The second kappa shape index (κ2) is 29.2. The second-order valence-corrected chi connectivity index (χ2v) is 13.4. The maximum absolute atomic E-state index is 11.0. The Kier molecular flexibility index (Phi) is 29.3. The van der Waals surface area contributed by atoms with Crippen LogP contribution < -0.4 is 29.6 Å². The van der Waals surface area contributed by atoms with Crippen molar-refractivity contribution in [3.63, 3.8) is 0 Å². The van der Waals surface area contributed by atoms with Crippen LogP contribution in [0.15, 0.2) is 29.2 Å². The van der Waals surface area contributed by atoms with Crippen LogP contribution in [0, 0.1) is 0 Å². The molecule has 0 fully saturated rings. The summed E-state index contributed by atoms with van der Waals surface area (Å²) in [6.07, 6.45) is 39.0. The van der Waals surface area contributed by atoms with Gasteiger partial charge in [-0.2, -0.15) is 0 Å². The minimum absolute atomic E-state index is 0. The molecule has 1 aromatic carbocycles. The van der Waals surface area contributed by atoms with Crippen LogP contribution in [0.4, 0.5) is 0 Å². The third-order valence-corrected chi connectivity index (χ3v) is 9.13. The van der Waals surface area contributed by atoms with Crippen molar-refractivity contribution in [1.82, 2.24) is 0 Å². The van der Waals surface area contributed by atoms with Gasteiger partial charge in [0.1, 0.15) is 10.1 Å². The first-order chi connectivity index (χ1) is 19.0. The molecule has 0 spiro atoms. The van der Waals surface area contributed by atoms with Crippen LogP contribution in [0.2, 0.25) is 0 Å². The van der Waals surface area contributed by atoms with Crippen molar-refractivity contribution in [3.05, 3.63) is 29.8 Å². The molecule has 0 aliphatic rings. The molecule has 0 bridgehead atoms. The first-order valence-electron chi connectivity index (χ1n) is 17.1. The van der Waals surface area contributed by atoms with Gasteiger partial charge in [-0.05, 0) is 30.5 Å². The molecule has 228 valence electrons. The Morgan fingerprint density at radius 1 is 0.450 bits per heavy atom. The molecule has 1 aromatic rings. The topological polar surface area (TPSA) is 57.2 Å². The van der Waals surface area contributed by atoms with E-state index in [0.29, 0.717) is 0 Å². The van der Waals surface area contributed by atoms with Gasteiger partial charge in [0.25, 0.3) is 0 Å². The Hall–Kier alpha value is 0.130. The Labute approximate surface area is 272 Å². The predicted octanol–water partition coefficient (Wildman–Crippen LogP) is 8.69. The summed E-state index contributed by atoms with van der Waals surface area (Å²) in [6.45, 7) is 2.29. The van der Waals surface area contributed by atoms with E-state index < -0.39 is 10.1 Å². The van der Waals surface area contributed by atoms with Gasteiger partial charge in [-0.15, -0.1) is 0 Å². The Bertz CT molecular complexity index is 748. The summed E-state index contributed by atoms with van der Waals surface area (Å²) in [5.41, 5.74) is 1.11. The minimum Gasteiger partial charge on any atom is -0.744 e. The maximum Gasteiger partial charge on any atom is 1.00 e. The van der Waals surface area contributed by atoms with Crippen LogP contribution in [0.1, 0.15) is 186 Å². The summed E-state index contributed by atoms with van der Waals surface area (Å²) < 4.78 is 32.9. The van der Waals surface area contributed by atoms with Crippen molar-refractivity contribution in [2.45, 2.75) is 192 Å². The van der Waals surface area contributed by atoms with Gasteiger partial charge in [-0.25, -0.2) is 8.42 Å². The second-order valence-electron chi connectivity index (χ2n) is 12.0. The van der Waals surface area contributed by atoms with Crippen LogP contribution >= 0.6 is 0 Å². The monoisotopic (exact) mass is 586 g/mol. The molecule has 0 aliphatic heterocycles. The quantitative estimate of drug-likeness (QED) is 0.0536. The summed E-state index contributed by atoms with van der Waals surface area (Å²) in [4.78, 5) is -0.133. The van der Waals surface area contributed by atoms with Crippen molar-refractivity contribution in [2.75, 3.05) is 0 Å². The van der Waals surface area contributed by atoms with Crippen molar-refractivity contribution >= 4 is 10.1 Å². The van der Waals surface area contributed by atoms with Gasteiger partial charge in [0, 0.05) is 0 Å². The Morgan fingerprint density at radius 3 is 0.950 bits per heavy atom. The first-order valence-corrected chi connectivity index (χ1v) is 18.5. The maximum atomic E-state index is 11.0. The third-order valence-electron chi connectivity index (χ3n) is 8.28. The van der Waals surface area contributed by atoms with Gasteiger partial charge < -0.3 is 4.55 Å². The first kappa shape index (κ1) is 40.1. The Morgan fingerprint density at radius 2 is 0.700 bits per heavy atom. The molecule has 0 N–H and O–H groups in total. The fourth-order valence-electron chi connectivity index (χ4n) is 5.64. The number of aryl methyl sites for hydroxylation is 1. The van der Waals surface area contributed by atoms with Gasteiger partial charge in [-0.1, -0.05) is 186 Å². The van der Waals surface area contributed by atoms with Crippen molar-refractivity contribution < 1.29 is 42.5 Å². The zero-order valence-electron chi connectivity index (χ0n) is 26.7. The van der Waals surface area contributed by atoms with Crippen LogP contribution in [-0.2, 0) is 16.5 Å². The molecule has 0 aliphatic carbocycles. The van der Waals surface area contributed by atoms with Crippen molar-refractivity contribution in [1.29, 1.82) is 0 Å². The average Bonchev–Trinajstić information content (AvgIpc) is 2.92. The summed E-state index contributed by atoms with van der Waals surface area (Å²) in [5.74, 6) is 0. The average molecular weight is 587 g/mol.